The van der Waals surface area contributed by atoms with Gasteiger partial charge in [0, 0.05) is 43.7 Å². The van der Waals surface area contributed by atoms with Crippen LogP contribution in [-0.4, -0.2) is 47.8 Å². The first-order chi connectivity index (χ1) is 19.1. The molecule has 2 heterocycles. The van der Waals surface area contributed by atoms with E-state index in [-0.39, 0.29) is 30.8 Å². The van der Waals surface area contributed by atoms with Crippen LogP contribution in [0.3, 0.4) is 0 Å². The van der Waals surface area contributed by atoms with Gasteiger partial charge in [0.25, 0.3) is 0 Å². The SMILES string of the molecule is CCNC(=O)NCc1ccc([C@@H]2O[C@H](CN3CC4(C)CC3CC(C)(C)C4)[C@H](C)[C@H](c3ccc(CO)cc3)O2)cc1. The Balaban J connectivity index is 1.35. The summed E-state index contributed by atoms with van der Waals surface area (Å²) in [7, 11) is 0. The zero-order valence-electron chi connectivity index (χ0n) is 24.8. The summed E-state index contributed by atoms with van der Waals surface area (Å²) in [5, 5.41) is 15.2. The lowest BCUT2D eigenvalue weighted by Crippen LogP contribution is -2.46. The third-order valence-corrected chi connectivity index (χ3v) is 9.10. The van der Waals surface area contributed by atoms with E-state index < -0.39 is 6.29 Å². The van der Waals surface area contributed by atoms with E-state index in [1.54, 1.807) is 0 Å². The van der Waals surface area contributed by atoms with E-state index in [9.17, 15) is 9.90 Å². The van der Waals surface area contributed by atoms with Crippen molar-refractivity contribution in [3.63, 3.8) is 0 Å². The molecule has 7 nitrogen and oxygen atoms in total. The van der Waals surface area contributed by atoms with Crippen LogP contribution in [-0.2, 0) is 22.6 Å². The lowest BCUT2D eigenvalue weighted by molar-refractivity contribution is -0.276. The highest BCUT2D eigenvalue weighted by Crippen LogP contribution is 2.53. The molecule has 5 rings (SSSR count). The average molecular weight is 550 g/mol. The van der Waals surface area contributed by atoms with Gasteiger partial charge >= 0.3 is 6.03 Å². The van der Waals surface area contributed by atoms with Crippen molar-refractivity contribution in [1.82, 2.24) is 15.5 Å². The molecule has 0 spiro atoms. The molecule has 2 bridgehead atoms. The van der Waals surface area contributed by atoms with Gasteiger partial charge in [-0.15, -0.1) is 0 Å². The Morgan fingerprint density at radius 3 is 2.33 bits per heavy atom. The third kappa shape index (κ3) is 6.54. The Kier molecular flexibility index (Phi) is 8.58. The van der Waals surface area contributed by atoms with Gasteiger partial charge in [-0.25, -0.2) is 4.79 Å². The number of hydrogen-bond donors (Lipinski definition) is 3. The number of rotatable bonds is 8. The highest BCUT2D eigenvalue weighted by molar-refractivity contribution is 5.73. The number of hydrogen-bond acceptors (Lipinski definition) is 5. The summed E-state index contributed by atoms with van der Waals surface area (Å²) in [6.07, 6.45) is 3.21. The van der Waals surface area contributed by atoms with E-state index in [2.05, 4.69) is 55.4 Å². The van der Waals surface area contributed by atoms with Crippen molar-refractivity contribution in [2.45, 2.75) is 91.6 Å². The summed E-state index contributed by atoms with van der Waals surface area (Å²) in [4.78, 5) is 14.5. The molecule has 3 fully saturated rings. The van der Waals surface area contributed by atoms with E-state index in [0.717, 1.165) is 35.3 Å². The molecular weight excluding hydrogens is 502 g/mol. The minimum atomic E-state index is -0.483. The van der Waals surface area contributed by atoms with Gasteiger partial charge in [0.2, 0.25) is 0 Å². The number of carbonyl (C=O) groups is 1. The topological polar surface area (TPSA) is 83.1 Å². The summed E-state index contributed by atoms with van der Waals surface area (Å²) in [6, 6.07) is 16.7. The van der Waals surface area contributed by atoms with Crippen LogP contribution < -0.4 is 10.6 Å². The number of urea groups is 1. The van der Waals surface area contributed by atoms with Crippen molar-refractivity contribution in [3.8, 4) is 0 Å². The van der Waals surface area contributed by atoms with Crippen molar-refractivity contribution in [2.24, 2.45) is 16.7 Å². The molecule has 2 saturated heterocycles. The molecule has 2 amide bonds. The first-order valence-electron chi connectivity index (χ1n) is 14.9. The van der Waals surface area contributed by atoms with Gasteiger partial charge < -0.3 is 25.2 Å². The summed E-state index contributed by atoms with van der Waals surface area (Å²) < 4.78 is 13.4. The summed E-state index contributed by atoms with van der Waals surface area (Å²) in [5.41, 5.74) is 4.75. The second-order valence-corrected chi connectivity index (χ2v) is 13.4. The zero-order chi connectivity index (χ0) is 28.5. The van der Waals surface area contributed by atoms with Crippen molar-refractivity contribution in [2.75, 3.05) is 19.6 Å². The molecular formula is C33H47N3O4. The summed E-state index contributed by atoms with van der Waals surface area (Å²) in [5.74, 6) is 0.165. The number of nitrogens with one attached hydrogen (secondary N) is 2. The number of fused-ring (bicyclic) bond motifs is 2. The maximum absolute atomic E-state index is 11.8. The number of amides is 2. The third-order valence-electron chi connectivity index (χ3n) is 9.10. The summed E-state index contributed by atoms with van der Waals surface area (Å²) >= 11 is 0. The first-order valence-corrected chi connectivity index (χ1v) is 14.9. The van der Waals surface area contributed by atoms with Crippen LogP contribution in [0, 0.1) is 16.7 Å². The highest BCUT2D eigenvalue weighted by atomic mass is 16.7. The minimum Gasteiger partial charge on any atom is -0.392 e. The number of ether oxygens (including phenoxy) is 2. The van der Waals surface area contributed by atoms with Gasteiger partial charge in [-0.3, -0.25) is 4.90 Å². The number of aliphatic hydroxyl groups is 1. The minimum absolute atomic E-state index is 0.0198. The number of likely N-dealkylation sites (tertiary alicyclic amines) is 1. The molecule has 2 aromatic carbocycles. The smallest absolute Gasteiger partial charge is 0.315 e. The molecule has 0 radical (unpaired) electrons. The lowest BCUT2D eigenvalue weighted by atomic mass is 9.65. The van der Waals surface area contributed by atoms with Crippen LogP contribution in [0.1, 0.15) is 88.5 Å². The second-order valence-electron chi connectivity index (χ2n) is 13.4. The fourth-order valence-electron chi connectivity index (χ4n) is 7.55. The largest absolute Gasteiger partial charge is 0.392 e. The monoisotopic (exact) mass is 549 g/mol. The van der Waals surface area contributed by atoms with Gasteiger partial charge in [0.1, 0.15) is 0 Å². The first kappa shape index (κ1) is 29.1. The van der Waals surface area contributed by atoms with Gasteiger partial charge in [-0.1, -0.05) is 76.2 Å². The Hall–Kier alpha value is -2.45. The maximum Gasteiger partial charge on any atom is 0.315 e. The Bertz CT molecular complexity index is 1150. The lowest BCUT2D eigenvalue weighted by Gasteiger charge is -2.43. The molecule has 1 aliphatic carbocycles. The number of nitrogens with zero attached hydrogens (tertiary/aromatic N) is 1. The molecule has 7 heteroatoms. The van der Waals surface area contributed by atoms with Gasteiger partial charge in [0.05, 0.1) is 18.8 Å². The average Bonchev–Trinajstić information content (AvgIpc) is 3.16. The Morgan fingerprint density at radius 1 is 0.975 bits per heavy atom. The molecule has 3 aliphatic rings. The molecule has 2 unspecified atom stereocenters. The summed E-state index contributed by atoms with van der Waals surface area (Å²) in [6.45, 7) is 14.6. The molecule has 0 aromatic heterocycles. The molecule has 2 aromatic rings. The maximum atomic E-state index is 11.8. The predicted molar refractivity (Wildman–Crippen MR) is 156 cm³/mol. The quantitative estimate of drug-likeness (QED) is 0.394. The molecule has 6 atom stereocenters. The zero-order valence-corrected chi connectivity index (χ0v) is 24.8. The van der Waals surface area contributed by atoms with E-state index in [1.807, 2.05) is 43.3 Å². The second kappa shape index (κ2) is 11.8. The fraction of sp³-hybridized carbons (Fsp3) is 0.606. The van der Waals surface area contributed by atoms with Crippen LogP contribution in [0.15, 0.2) is 48.5 Å². The molecule has 3 N–H and O–H groups in total. The van der Waals surface area contributed by atoms with Crippen LogP contribution in [0.25, 0.3) is 0 Å². The van der Waals surface area contributed by atoms with Crippen LogP contribution in [0.4, 0.5) is 4.79 Å². The number of aliphatic hydroxyl groups excluding tert-OH is 1. The molecule has 40 heavy (non-hydrogen) atoms. The normalized spacial score (nSPS) is 31.6. The fourth-order valence-corrected chi connectivity index (χ4v) is 7.55. The van der Waals surface area contributed by atoms with E-state index in [0.29, 0.717) is 30.0 Å². The molecule has 2 aliphatic heterocycles. The predicted octanol–water partition coefficient (Wildman–Crippen LogP) is 5.69. The van der Waals surface area contributed by atoms with Crippen LogP contribution >= 0.6 is 0 Å². The van der Waals surface area contributed by atoms with Crippen LogP contribution in [0.2, 0.25) is 0 Å². The van der Waals surface area contributed by atoms with E-state index in [1.165, 1.54) is 19.3 Å². The van der Waals surface area contributed by atoms with Gasteiger partial charge in [-0.05, 0) is 53.7 Å². The highest BCUT2D eigenvalue weighted by Gasteiger charge is 2.51. The molecule has 1 saturated carbocycles. The number of carbonyl (C=O) groups excluding carboxylic acids is 1. The van der Waals surface area contributed by atoms with Gasteiger partial charge in [-0.2, -0.15) is 0 Å². The van der Waals surface area contributed by atoms with Crippen molar-refractivity contribution in [3.05, 3.63) is 70.8 Å². The standard InChI is InChI=1S/C33H47N3O4/c1-6-34-31(38)35-17-23-7-13-26(14-8-23)30-39-28(18-36-21-33(5)16-27(36)15-32(3,4)20-33)22(2)29(40-30)25-11-9-24(19-37)10-12-25/h7-14,22,27-30,37H,6,15-21H2,1-5H3,(H2,34,35,38)/t22-,27?,28+,29+,30+,33?/m0/s1. The van der Waals surface area contributed by atoms with Crippen molar-refractivity contribution < 1.29 is 19.4 Å². The van der Waals surface area contributed by atoms with E-state index >= 15 is 0 Å². The van der Waals surface area contributed by atoms with Crippen LogP contribution in [0.5, 0.6) is 0 Å². The van der Waals surface area contributed by atoms with Gasteiger partial charge in [0.15, 0.2) is 6.29 Å². The van der Waals surface area contributed by atoms with Crippen molar-refractivity contribution >= 4 is 6.03 Å². The Labute approximate surface area is 239 Å². The number of benzene rings is 2. The molecule has 218 valence electrons. The Morgan fingerprint density at radius 2 is 1.65 bits per heavy atom. The van der Waals surface area contributed by atoms with Crippen molar-refractivity contribution in [1.29, 1.82) is 0 Å². The van der Waals surface area contributed by atoms with E-state index in [4.69, 9.17) is 9.47 Å².